The van der Waals surface area contributed by atoms with Crippen LogP contribution in [0.4, 0.5) is 5.69 Å². The van der Waals surface area contributed by atoms with Crippen LogP contribution < -0.4 is 5.32 Å². The molecule has 0 radical (unpaired) electrons. The zero-order valence-corrected chi connectivity index (χ0v) is 13.6. The van der Waals surface area contributed by atoms with Crippen molar-refractivity contribution >= 4 is 33.5 Å². The van der Waals surface area contributed by atoms with Crippen LogP contribution in [0.3, 0.4) is 0 Å². The molecule has 1 fully saturated rings. The van der Waals surface area contributed by atoms with Gasteiger partial charge in [0.2, 0.25) is 5.91 Å². The summed E-state index contributed by atoms with van der Waals surface area (Å²) in [6.45, 7) is 1.71. The summed E-state index contributed by atoms with van der Waals surface area (Å²) in [7, 11) is 1.40. The molecule has 1 aliphatic heterocycles. The van der Waals surface area contributed by atoms with Crippen LogP contribution in [-0.2, 0) is 14.3 Å². The van der Waals surface area contributed by atoms with Gasteiger partial charge in [0.05, 0.1) is 19.6 Å². The highest BCUT2D eigenvalue weighted by Crippen LogP contribution is 2.18. The van der Waals surface area contributed by atoms with Gasteiger partial charge in [0.15, 0.2) is 0 Å². The standard InChI is InChI=1S/C15H19BrN2O3/c1-21-15(20)11-4-3-7-18(9-11)10-14(19)17-13-6-2-5-12(16)8-13/h2,5-6,8,11H,3-4,7,9-10H2,1H3,(H,17,19). The van der Waals surface area contributed by atoms with E-state index in [-0.39, 0.29) is 17.8 Å². The van der Waals surface area contributed by atoms with E-state index in [1.54, 1.807) is 0 Å². The second-order valence-electron chi connectivity index (χ2n) is 5.16. The van der Waals surface area contributed by atoms with Crippen LogP contribution in [0.25, 0.3) is 0 Å². The van der Waals surface area contributed by atoms with Gasteiger partial charge in [0.1, 0.15) is 0 Å². The topological polar surface area (TPSA) is 58.6 Å². The van der Waals surface area contributed by atoms with Crippen molar-refractivity contribution in [2.45, 2.75) is 12.8 Å². The SMILES string of the molecule is COC(=O)C1CCCN(CC(=O)Nc2cccc(Br)c2)C1. The maximum absolute atomic E-state index is 12.1. The summed E-state index contributed by atoms with van der Waals surface area (Å²) in [5, 5.41) is 2.86. The first-order valence-corrected chi connectivity index (χ1v) is 7.73. The fraction of sp³-hybridized carbons (Fsp3) is 0.467. The van der Waals surface area contributed by atoms with E-state index in [4.69, 9.17) is 4.74 Å². The third kappa shape index (κ3) is 4.82. The molecular weight excluding hydrogens is 336 g/mol. The molecule has 1 aliphatic rings. The number of esters is 1. The van der Waals surface area contributed by atoms with Gasteiger partial charge in [-0.3, -0.25) is 14.5 Å². The van der Waals surface area contributed by atoms with Crippen LogP contribution in [0.1, 0.15) is 12.8 Å². The number of ether oxygens (including phenoxy) is 1. The fourth-order valence-electron chi connectivity index (χ4n) is 2.53. The quantitative estimate of drug-likeness (QED) is 0.842. The molecule has 0 aliphatic carbocycles. The van der Waals surface area contributed by atoms with Crippen molar-refractivity contribution in [1.82, 2.24) is 4.90 Å². The second kappa shape index (κ2) is 7.56. The van der Waals surface area contributed by atoms with E-state index in [1.807, 2.05) is 29.2 Å². The van der Waals surface area contributed by atoms with E-state index in [0.717, 1.165) is 29.5 Å². The number of piperidine rings is 1. The molecule has 114 valence electrons. The van der Waals surface area contributed by atoms with Gasteiger partial charge < -0.3 is 10.1 Å². The molecule has 0 saturated carbocycles. The zero-order valence-electron chi connectivity index (χ0n) is 12.0. The molecule has 0 aromatic heterocycles. The molecule has 1 amide bonds. The monoisotopic (exact) mass is 354 g/mol. The third-order valence-electron chi connectivity index (χ3n) is 3.52. The maximum atomic E-state index is 12.1. The van der Waals surface area contributed by atoms with Crippen LogP contribution in [-0.4, -0.2) is 43.5 Å². The van der Waals surface area contributed by atoms with Crippen LogP contribution >= 0.6 is 15.9 Å². The summed E-state index contributed by atoms with van der Waals surface area (Å²) >= 11 is 3.37. The first-order valence-electron chi connectivity index (χ1n) is 6.94. The fourth-order valence-corrected chi connectivity index (χ4v) is 2.93. The number of carbonyl (C=O) groups excluding carboxylic acids is 2. The molecule has 1 N–H and O–H groups in total. The first-order chi connectivity index (χ1) is 10.1. The van der Waals surface area contributed by atoms with Crippen molar-refractivity contribution in [3.63, 3.8) is 0 Å². The van der Waals surface area contributed by atoms with Crippen LogP contribution in [0.15, 0.2) is 28.7 Å². The Hall–Kier alpha value is -1.40. The van der Waals surface area contributed by atoms with E-state index in [0.29, 0.717) is 13.1 Å². The summed E-state index contributed by atoms with van der Waals surface area (Å²) in [6.07, 6.45) is 1.74. The smallest absolute Gasteiger partial charge is 0.309 e. The molecular formula is C15H19BrN2O3. The molecule has 6 heteroatoms. The number of amides is 1. The van der Waals surface area contributed by atoms with Gasteiger partial charge in [0, 0.05) is 16.7 Å². The minimum atomic E-state index is -0.188. The lowest BCUT2D eigenvalue weighted by Crippen LogP contribution is -2.42. The average molecular weight is 355 g/mol. The Kier molecular flexibility index (Phi) is 5.76. The molecule has 1 atom stereocenters. The number of carbonyl (C=O) groups is 2. The van der Waals surface area contributed by atoms with Crippen molar-refractivity contribution < 1.29 is 14.3 Å². The highest BCUT2D eigenvalue weighted by atomic mass is 79.9. The Morgan fingerprint density at radius 2 is 2.29 bits per heavy atom. The van der Waals surface area contributed by atoms with Crippen molar-refractivity contribution in [2.24, 2.45) is 5.92 Å². The van der Waals surface area contributed by atoms with Gasteiger partial charge in [-0.2, -0.15) is 0 Å². The van der Waals surface area contributed by atoms with E-state index in [9.17, 15) is 9.59 Å². The van der Waals surface area contributed by atoms with Crippen LogP contribution in [0.2, 0.25) is 0 Å². The minimum Gasteiger partial charge on any atom is -0.469 e. The number of methoxy groups -OCH3 is 1. The Morgan fingerprint density at radius 3 is 3.00 bits per heavy atom. The molecule has 1 aromatic rings. The average Bonchev–Trinajstić information content (AvgIpc) is 2.46. The maximum Gasteiger partial charge on any atom is 0.309 e. The number of nitrogens with one attached hydrogen (secondary N) is 1. The lowest BCUT2D eigenvalue weighted by molar-refractivity contribution is -0.147. The number of hydrogen-bond donors (Lipinski definition) is 1. The lowest BCUT2D eigenvalue weighted by Gasteiger charge is -2.30. The number of likely N-dealkylation sites (tertiary alicyclic amines) is 1. The highest BCUT2D eigenvalue weighted by molar-refractivity contribution is 9.10. The predicted octanol–water partition coefficient (Wildman–Crippen LogP) is 2.27. The Labute approximate surface area is 132 Å². The van der Waals surface area contributed by atoms with Gasteiger partial charge in [-0.05, 0) is 37.6 Å². The predicted molar refractivity (Wildman–Crippen MR) is 84.0 cm³/mol. The van der Waals surface area contributed by atoms with Gasteiger partial charge in [-0.15, -0.1) is 0 Å². The van der Waals surface area contributed by atoms with E-state index in [2.05, 4.69) is 21.2 Å². The van der Waals surface area contributed by atoms with E-state index < -0.39 is 0 Å². The number of halogens is 1. The molecule has 1 aromatic carbocycles. The van der Waals surface area contributed by atoms with Gasteiger partial charge >= 0.3 is 5.97 Å². The number of rotatable bonds is 4. The Balaban J connectivity index is 1.86. The molecule has 1 saturated heterocycles. The van der Waals surface area contributed by atoms with Crippen molar-refractivity contribution in [2.75, 3.05) is 32.1 Å². The molecule has 5 nitrogen and oxygen atoms in total. The number of nitrogens with zero attached hydrogens (tertiary/aromatic N) is 1. The molecule has 0 bridgehead atoms. The Morgan fingerprint density at radius 1 is 1.48 bits per heavy atom. The normalized spacial score (nSPS) is 19.0. The summed E-state index contributed by atoms with van der Waals surface area (Å²) < 4.78 is 5.70. The summed E-state index contributed by atoms with van der Waals surface area (Å²) in [5.74, 6) is -0.381. The highest BCUT2D eigenvalue weighted by Gasteiger charge is 2.27. The van der Waals surface area contributed by atoms with Crippen molar-refractivity contribution in [1.29, 1.82) is 0 Å². The molecule has 1 heterocycles. The zero-order chi connectivity index (χ0) is 15.2. The second-order valence-corrected chi connectivity index (χ2v) is 6.07. The van der Waals surface area contributed by atoms with Crippen LogP contribution in [0, 0.1) is 5.92 Å². The molecule has 21 heavy (non-hydrogen) atoms. The lowest BCUT2D eigenvalue weighted by atomic mass is 9.98. The van der Waals surface area contributed by atoms with E-state index in [1.165, 1.54) is 7.11 Å². The van der Waals surface area contributed by atoms with Crippen molar-refractivity contribution in [3.8, 4) is 0 Å². The minimum absolute atomic E-state index is 0.0707. The summed E-state index contributed by atoms with van der Waals surface area (Å²) in [4.78, 5) is 25.6. The summed E-state index contributed by atoms with van der Waals surface area (Å²) in [5.41, 5.74) is 0.760. The van der Waals surface area contributed by atoms with Gasteiger partial charge in [0.25, 0.3) is 0 Å². The molecule has 1 unspecified atom stereocenters. The van der Waals surface area contributed by atoms with Crippen molar-refractivity contribution in [3.05, 3.63) is 28.7 Å². The first kappa shape index (κ1) is 16.0. The number of anilines is 1. The summed E-state index contributed by atoms with van der Waals surface area (Å²) in [6, 6.07) is 7.47. The van der Waals surface area contributed by atoms with Crippen LogP contribution in [0.5, 0.6) is 0 Å². The third-order valence-corrected chi connectivity index (χ3v) is 4.01. The molecule has 2 rings (SSSR count). The Bertz CT molecular complexity index is 521. The number of hydrogen-bond acceptors (Lipinski definition) is 4. The van der Waals surface area contributed by atoms with Gasteiger partial charge in [-0.1, -0.05) is 22.0 Å². The van der Waals surface area contributed by atoms with Gasteiger partial charge in [-0.25, -0.2) is 0 Å². The van der Waals surface area contributed by atoms with E-state index >= 15 is 0 Å². The number of benzene rings is 1. The molecule has 0 spiro atoms. The largest absolute Gasteiger partial charge is 0.469 e.